The van der Waals surface area contributed by atoms with E-state index in [0.29, 0.717) is 11.6 Å². The minimum Gasteiger partial charge on any atom is -0.328 e. The van der Waals surface area contributed by atoms with E-state index in [1.807, 2.05) is 11.8 Å². The van der Waals surface area contributed by atoms with E-state index in [9.17, 15) is 4.79 Å². The van der Waals surface area contributed by atoms with Crippen molar-refractivity contribution in [2.24, 2.45) is 0 Å². The fourth-order valence-electron chi connectivity index (χ4n) is 3.38. The van der Waals surface area contributed by atoms with E-state index >= 15 is 0 Å². The molecule has 1 aliphatic carbocycles. The fourth-order valence-corrected chi connectivity index (χ4v) is 3.38. The van der Waals surface area contributed by atoms with E-state index in [1.54, 1.807) is 0 Å². The highest BCUT2D eigenvalue weighted by Crippen LogP contribution is 2.35. The molecule has 1 aromatic rings. The van der Waals surface area contributed by atoms with Crippen LogP contribution in [-0.2, 0) is 0 Å². The van der Waals surface area contributed by atoms with E-state index in [0.717, 1.165) is 32.5 Å². The summed E-state index contributed by atoms with van der Waals surface area (Å²) in [6.45, 7) is 4.34. The van der Waals surface area contributed by atoms with Crippen LogP contribution in [0.3, 0.4) is 0 Å². The minimum absolute atomic E-state index is 0.0118. The molecule has 0 unspecified atom stereocenters. The number of rotatable bonds is 1. The van der Waals surface area contributed by atoms with Gasteiger partial charge in [0.05, 0.1) is 5.54 Å². The smallest absolute Gasteiger partial charge is 0.294 e. The van der Waals surface area contributed by atoms with Crippen LogP contribution in [0, 0.1) is 6.92 Å². The minimum atomic E-state index is -0.0206. The highest BCUT2D eigenvalue weighted by molar-refractivity contribution is 5.91. The van der Waals surface area contributed by atoms with E-state index in [2.05, 4.69) is 20.5 Å². The molecule has 6 nitrogen and oxygen atoms in total. The summed E-state index contributed by atoms with van der Waals surface area (Å²) in [5.74, 6) is 0.980. The molecule has 2 N–H and O–H groups in total. The van der Waals surface area contributed by atoms with Gasteiger partial charge in [0.15, 0.2) is 0 Å². The third-order valence-electron chi connectivity index (χ3n) is 4.36. The van der Waals surface area contributed by atoms with Gasteiger partial charge in [-0.2, -0.15) is 0 Å². The first kappa shape index (κ1) is 12.6. The number of carbonyl (C=O) groups is 1. The van der Waals surface area contributed by atoms with Crippen LogP contribution in [0.1, 0.15) is 48.5 Å². The average molecular weight is 263 g/mol. The summed E-state index contributed by atoms with van der Waals surface area (Å²) in [6, 6.07) is 0. The van der Waals surface area contributed by atoms with Crippen molar-refractivity contribution in [2.75, 3.05) is 19.6 Å². The molecule has 0 aromatic carbocycles. The first-order chi connectivity index (χ1) is 9.21. The van der Waals surface area contributed by atoms with Gasteiger partial charge in [-0.25, -0.2) is 4.98 Å². The summed E-state index contributed by atoms with van der Waals surface area (Å²) in [7, 11) is 0. The third kappa shape index (κ3) is 2.25. The van der Waals surface area contributed by atoms with Gasteiger partial charge in [0, 0.05) is 19.6 Å². The molecule has 2 fully saturated rings. The van der Waals surface area contributed by atoms with Crippen LogP contribution >= 0.6 is 0 Å². The average Bonchev–Trinajstić information content (AvgIpc) is 2.86. The first-order valence-electron chi connectivity index (χ1n) is 7.13. The lowest BCUT2D eigenvalue weighted by molar-refractivity contribution is 0.0212. The molecule has 0 atom stereocenters. The maximum Gasteiger partial charge on any atom is 0.294 e. The normalized spacial score (nSPS) is 22.7. The van der Waals surface area contributed by atoms with Crippen molar-refractivity contribution in [3.8, 4) is 0 Å². The zero-order valence-corrected chi connectivity index (χ0v) is 11.4. The second kappa shape index (κ2) is 4.92. The molecular weight excluding hydrogens is 242 g/mol. The van der Waals surface area contributed by atoms with Crippen LogP contribution in [0.15, 0.2) is 0 Å². The largest absolute Gasteiger partial charge is 0.328 e. The molecule has 2 heterocycles. The molecule has 1 saturated carbocycles. The van der Waals surface area contributed by atoms with Crippen molar-refractivity contribution >= 4 is 5.91 Å². The lowest BCUT2D eigenvalue weighted by Gasteiger charge is -2.49. The Morgan fingerprint density at radius 2 is 2.11 bits per heavy atom. The molecule has 1 aliphatic heterocycles. The number of nitrogens with zero attached hydrogens (tertiary/aromatic N) is 3. The van der Waals surface area contributed by atoms with Crippen molar-refractivity contribution in [1.29, 1.82) is 0 Å². The molecular formula is C13H21N5O. The standard InChI is InChI=1S/C13H21N5O/c1-10-15-11(17-16-10)12(19)18-8-7-14-9-13(18)5-3-2-4-6-13/h14H,2-9H2,1H3,(H,15,16,17). The Bertz CT molecular complexity index is 455. The van der Waals surface area contributed by atoms with Crippen molar-refractivity contribution in [3.05, 3.63) is 11.6 Å². The van der Waals surface area contributed by atoms with Crippen LogP contribution in [0.5, 0.6) is 0 Å². The Labute approximate surface area is 113 Å². The highest BCUT2D eigenvalue weighted by Gasteiger charge is 2.43. The molecule has 1 saturated heterocycles. The molecule has 1 amide bonds. The summed E-state index contributed by atoms with van der Waals surface area (Å²) >= 11 is 0. The monoisotopic (exact) mass is 263 g/mol. The number of aromatic nitrogens is 3. The summed E-state index contributed by atoms with van der Waals surface area (Å²) in [4.78, 5) is 18.8. The Kier molecular flexibility index (Phi) is 3.26. The zero-order valence-electron chi connectivity index (χ0n) is 11.4. The number of aryl methyl sites for hydroxylation is 1. The zero-order chi connectivity index (χ0) is 13.3. The van der Waals surface area contributed by atoms with E-state index in [-0.39, 0.29) is 11.4 Å². The topological polar surface area (TPSA) is 73.9 Å². The van der Waals surface area contributed by atoms with Crippen molar-refractivity contribution in [3.63, 3.8) is 0 Å². The molecule has 3 rings (SSSR count). The van der Waals surface area contributed by atoms with Crippen LogP contribution in [0.4, 0.5) is 0 Å². The van der Waals surface area contributed by atoms with Crippen LogP contribution in [-0.4, -0.2) is 51.2 Å². The molecule has 104 valence electrons. The summed E-state index contributed by atoms with van der Waals surface area (Å²) in [6.07, 6.45) is 5.88. The Morgan fingerprint density at radius 3 is 2.79 bits per heavy atom. The van der Waals surface area contributed by atoms with Gasteiger partial charge in [-0.05, 0) is 19.8 Å². The number of piperazine rings is 1. The van der Waals surface area contributed by atoms with E-state index < -0.39 is 0 Å². The van der Waals surface area contributed by atoms with Gasteiger partial charge in [0.1, 0.15) is 5.82 Å². The molecule has 6 heteroatoms. The number of nitrogens with one attached hydrogen (secondary N) is 2. The lowest BCUT2D eigenvalue weighted by atomic mass is 9.79. The molecule has 1 aromatic heterocycles. The van der Waals surface area contributed by atoms with Gasteiger partial charge < -0.3 is 10.2 Å². The Hall–Kier alpha value is -1.43. The van der Waals surface area contributed by atoms with Gasteiger partial charge in [0.25, 0.3) is 5.91 Å². The molecule has 0 radical (unpaired) electrons. The van der Waals surface area contributed by atoms with Crippen molar-refractivity contribution in [2.45, 2.75) is 44.6 Å². The van der Waals surface area contributed by atoms with Gasteiger partial charge in [-0.3, -0.25) is 9.89 Å². The summed E-state index contributed by atoms with van der Waals surface area (Å²) < 4.78 is 0. The van der Waals surface area contributed by atoms with E-state index in [4.69, 9.17) is 0 Å². The number of aromatic amines is 1. The molecule has 19 heavy (non-hydrogen) atoms. The van der Waals surface area contributed by atoms with Gasteiger partial charge in [-0.1, -0.05) is 19.3 Å². The second-order valence-electron chi connectivity index (χ2n) is 5.66. The predicted octanol–water partition coefficient (Wildman–Crippen LogP) is 0.861. The van der Waals surface area contributed by atoms with Crippen LogP contribution < -0.4 is 5.32 Å². The second-order valence-corrected chi connectivity index (χ2v) is 5.66. The number of hydrogen-bond donors (Lipinski definition) is 2. The molecule has 1 spiro atoms. The number of H-pyrrole nitrogens is 1. The fraction of sp³-hybridized carbons (Fsp3) is 0.769. The summed E-state index contributed by atoms with van der Waals surface area (Å²) in [5, 5.41) is 10.2. The van der Waals surface area contributed by atoms with Crippen LogP contribution in [0.25, 0.3) is 0 Å². The van der Waals surface area contributed by atoms with Crippen molar-refractivity contribution < 1.29 is 4.79 Å². The molecule has 0 bridgehead atoms. The van der Waals surface area contributed by atoms with E-state index in [1.165, 1.54) is 19.3 Å². The van der Waals surface area contributed by atoms with Crippen molar-refractivity contribution in [1.82, 2.24) is 25.4 Å². The first-order valence-corrected chi connectivity index (χ1v) is 7.13. The van der Waals surface area contributed by atoms with Gasteiger partial charge in [-0.15, -0.1) is 5.10 Å². The van der Waals surface area contributed by atoms with Crippen LogP contribution in [0.2, 0.25) is 0 Å². The van der Waals surface area contributed by atoms with Gasteiger partial charge >= 0.3 is 0 Å². The Balaban J connectivity index is 1.85. The lowest BCUT2D eigenvalue weighted by Crippen LogP contribution is -2.63. The van der Waals surface area contributed by atoms with Gasteiger partial charge in [0.2, 0.25) is 5.82 Å². The maximum atomic E-state index is 12.6. The SMILES string of the molecule is Cc1nc(C(=O)N2CCNCC23CCCCC3)n[nH]1. The molecule has 2 aliphatic rings. The quantitative estimate of drug-likeness (QED) is 0.788. The number of carbonyl (C=O) groups excluding carboxylic acids is 1. The highest BCUT2D eigenvalue weighted by atomic mass is 16.2. The maximum absolute atomic E-state index is 12.6. The number of amides is 1. The predicted molar refractivity (Wildman–Crippen MR) is 70.8 cm³/mol. The Morgan fingerprint density at radius 1 is 1.32 bits per heavy atom. The third-order valence-corrected chi connectivity index (χ3v) is 4.36. The number of hydrogen-bond acceptors (Lipinski definition) is 4. The summed E-state index contributed by atoms with van der Waals surface area (Å²) in [5.41, 5.74) is -0.0118.